The number of carbonyl (C=O) groups excluding carboxylic acids is 1. The van der Waals surface area contributed by atoms with Crippen molar-refractivity contribution in [1.29, 1.82) is 0 Å². The minimum absolute atomic E-state index is 0.0273. The molecule has 2 aromatic rings. The average Bonchev–Trinajstić information content (AvgIpc) is 2.49. The van der Waals surface area contributed by atoms with Crippen molar-refractivity contribution in [2.45, 2.75) is 19.3 Å². The number of aromatic hydroxyl groups is 1. The molecule has 0 unspecified atom stereocenters. The van der Waals surface area contributed by atoms with E-state index in [1.54, 1.807) is 19.1 Å². The number of methoxy groups -OCH3 is 1. The van der Waals surface area contributed by atoms with Gasteiger partial charge in [0.1, 0.15) is 5.76 Å². The lowest BCUT2D eigenvalue weighted by Gasteiger charge is -2.16. The van der Waals surface area contributed by atoms with Crippen LogP contribution < -0.4 is 5.43 Å². The first-order chi connectivity index (χ1) is 10.0. The number of rotatable bonds is 4. The van der Waals surface area contributed by atoms with Gasteiger partial charge in [0.15, 0.2) is 5.76 Å². The maximum Gasteiger partial charge on any atom is 0.306 e. The first-order valence-electron chi connectivity index (χ1n) is 6.48. The molecule has 0 spiro atoms. The quantitative estimate of drug-likeness (QED) is 0.874. The zero-order chi connectivity index (χ0) is 15.4. The Bertz CT molecular complexity index is 688. The first kappa shape index (κ1) is 14.8. The van der Waals surface area contributed by atoms with Crippen LogP contribution >= 0.6 is 0 Å². The highest BCUT2D eigenvalue weighted by atomic mass is 16.5. The standard InChI is InChI=1S/C16H16O5/c1-10-8-13(17)15(19)16(21-10)12(9-14(18)20-2)11-6-4-3-5-7-11/h3-8,12,19H,9H2,1-2H3/t12-/m1/s1. The summed E-state index contributed by atoms with van der Waals surface area (Å²) in [5.74, 6) is -1.05. The van der Waals surface area contributed by atoms with Gasteiger partial charge < -0.3 is 14.3 Å². The van der Waals surface area contributed by atoms with Crippen molar-refractivity contribution in [2.24, 2.45) is 0 Å². The Kier molecular flexibility index (Phi) is 4.42. The van der Waals surface area contributed by atoms with Crippen molar-refractivity contribution in [1.82, 2.24) is 0 Å². The Balaban J connectivity index is 2.55. The Morgan fingerprint density at radius 1 is 1.33 bits per heavy atom. The van der Waals surface area contributed by atoms with Gasteiger partial charge in [-0.15, -0.1) is 0 Å². The van der Waals surface area contributed by atoms with Gasteiger partial charge in [-0.3, -0.25) is 9.59 Å². The van der Waals surface area contributed by atoms with Gasteiger partial charge in [0, 0.05) is 6.07 Å². The molecule has 0 saturated heterocycles. The summed E-state index contributed by atoms with van der Waals surface area (Å²) < 4.78 is 10.2. The number of hydrogen-bond acceptors (Lipinski definition) is 5. The van der Waals surface area contributed by atoms with E-state index < -0.39 is 23.1 Å². The van der Waals surface area contributed by atoms with E-state index in [4.69, 9.17) is 4.42 Å². The second-order valence-electron chi connectivity index (χ2n) is 4.68. The van der Waals surface area contributed by atoms with Crippen molar-refractivity contribution in [3.8, 4) is 5.75 Å². The van der Waals surface area contributed by atoms with Gasteiger partial charge in [-0.2, -0.15) is 0 Å². The zero-order valence-electron chi connectivity index (χ0n) is 11.8. The molecule has 0 aliphatic heterocycles. The fraction of sp³-hybridized carbons (Fsp3) is 0.250. The highest BCUT2D eigenvalue weighted by Crippen LogP contribution is 2.32. The molecule has 1 atom stereocenters. The van der Waals surface area contributed by atoms with Crippen LogP contribution in [-0.2, 0) is 9.53 Å². The molecule has 0 saturated carbocycles. The smallest absolute Gasteiger partial charge is 0.306 e. The van der Waals surface area contributed by atoms with E-state index in [9.17, 15) is 14.7 Å². The summed E-state index contributed by atoms with van der Waals surface area (Å²) in [7, 11) is 1.29. The maximum absolute atomic E-state index is 11.7. The van der Waals surface area contributed by atoms with Crippen molar-refractivity contribution in [3.63, 3.8) is 0 Å². The van der Waals surface area contributed by atoms with Crippen LogP contribution in [0.2, 0.25) is 0 Å². The third-order valence-electron chi connectivity index (χ3n) is 3.19. The number of aryl methyl sites for hydroxylation is 1. The van der Waals surface area contributed by atoms with E-state index >= 15 is 0 Å². The SMILES string of the molecule is COC(=O)C[C@H](c1ccccc1)c1oc(C)cc(=O)c1O. The Morgan fingerprint density at radius 3 is 2.62 bits per heavy atom. The molecular weight excluding hydrogens is 272 g/mol. The molecule has 21 heavy (non-hydrogen) atoms. The first-order valence-corrected chi connectivity index (χ1v) is 6.48. The zero-order valence-corrected chi connectivity index (χ0v) is 11.8. The summed E-state index contributed by atoms with van der Waals surface area (Å²) in [6.45, 7) is 1.62. The van der Waals surface area contributed by atoms with Gasteiger partial charge in [-0.25, -0.2) is 0 Å². The summed E-state index contributed by atoms with van der Waals surface area (Å²) in [6, 6.07) is 10.3. The third-order valence-corrected chi connectivity index (χ3v) is 3.19. The Morgan fingerprint density at radius 2 is 2.00 bits per heavy atom. The third kappa shape index (κ3) is 3.31. The maximum atomic E-state index is 11.7. The topological polar surface area (TPSA) is 76.7 Å². The molecule has 1 aromatic heterocycles. The van der Waals surface area contributed by atoms with E-state index in [0.717, 1.165) is 5.56 Å². The van der Waals surface area contributed by atoms with Crippen LogP contribution in [-0.4, -0.2) is 18.2 Å². The Hall–Kier alpha value is -2.56. The number of carbonyl (C=O) groups is 1. The van der Waals surface area contributed by atoms with Gasteiger partial charge in [-0.1, -0.05) is 30.3 Å². The molecule has 1 aromatic carbocycles. The fourth-order valence-electron chi connectivity index (χ4n) is 2.16. The normalized spacial score (nSPS) is 11.9. The average molecular weight is 288 g/mol. The molecule has 0 fully saturated rings. The summed E-state index contributed by atoms with van der Waals surface area (Å²) >= 11 is 0. The van der Waals surface area contributed by atoms with Crippen LogP contribution in [0, 0.1) is 6.92 Å². The van der Waals surface area contributed by atoms with Crippen molar-refractivity contribution in [2.75, 3.05) is 7.11 Å². The lowest BCUT2D eigenvalue weighted by atomic mass is 9.92. The van der Waals surface area contributed by atoms with Gasteiger partial charge in [0.05, 0.1) is 19.4 Å². The molecule has 110 valence electrons. The molecule has 0 aliphatic rings. The molecule has 0 radical (unpaired) electrons. The van der Waals surface area contributed by atoms with Crippen molar-refractivity contribution >= 4 is 5.97 Å². The van der Waals surface area contributed by atoms with E-state index in [1.807, 2.05) is 18.2 Å². The minimum Gasteiger partial charge on any atom is -0.502 e. The molecule has 5 heteroatoms. The van der Waals surface area contributed by atoms with Crippen LogP contribution in [0.1, 0.15) is 29.4 Å². The molecule has 2 rings (SSSR count). The van der Waals surface area contributed by atoms with Crippen LogP contribution in [0.25, 0.3) is 0 Å². The summed E-state index contributed by atoms with van der Waals surface area (Å²) in [5, 5.41) is 9.98. The predicted octanol–water partition coefficient (Wildman–Crippen LogP) is 2.35. The predicted molar refractivity (Wildman–Crippen MR) is 76.3 cm³/mol. The van der Waals surface area contributed by atoms with Crippen LogP contribution in [0.3, 0.4) is 0 Å². The number of ether oxygens (including phenoxy) is 1. The van der Waals surface area contributed by atoms with E-state index in [2.05, 4.69) is 4.74 Å². The van der Waals surface area contributed by atoms with E-state index in [0.29, 0.717) is 5.76 Å². The monoisotopic (exact) mass is 288 g/mol. The highest BCUT2D eigenvalue weighted by Gasteiger charge is 2.25. The number of benzene rings is 1. The number of hydrogen-bond donors (Lipinski definition) is 1. The molecule has 1 heterocycles. The minimum atomic E-state index is -0.578. The van der Waals surface area contributed by atoms with Gasteiger partial charge in [-0.05, 0) is 12.5 Å². The molecule has 1 N–H and O–H groups in total. The van der Waals surface area contributed by atoms with Crippen LogP contribution in [0.4, 0.5) is 0 Å². The van der Waals surface area contributed by atoms with Crippen molar-refractivity contribution < 1.29 is 19.1 Å². The van der Waals surface area contributed by atoms with E-state index in [-0.39, 0.29) is 12.2 Å². The second-order valence-corrected chi connectivity index (χ2v) is 4.68. The summed E-state index contributed by atoms with van der Waals surface area (Å²) in [4.78, 5) is 23.4. The summed E-state index contributed by atoms with van der Waals surface area (Å²) in [6.07, 6.45) is -0.0273. The lowest BCUT2D eigenvalue weighted by molar-refractivity contribution is -0.140. The van der Waals surface area contributed by atoms with E-state index in [1.165, 1.54) is 13.2 Å². The molecular formula is C16H16O5. The van der Waals surface area contributed by atoms with Gasteiger partial charge >= 0.3 is 5.97 Å². The molecule has 0 bridgehead atoms. The fourth-order valence-corrected chi connectivity index (χ4v) is 2.16. The van der Waals surface area contributed by atoms with Crippen LogP contribution in [0.15, 0.2) is 45.6 Å². The molecule has 0 amide bonds. The molecule has 0 aliphatic carbocycles. The second kappa shape index (κ2) is 6.26. The largest absolute Gasteiger partial charge is 0.502 e. The van der Waals surface area contributed by atoms with Gasteiger partial charge in [0.25, 0.3) is 0 Å². The summed E-state index contributed by atoms with van der Waals surface area (Å²) in [5.41, 5.74) is 0.228. The van der Waals surface area contributed by atoms with Crippen LogP contribution in [0.5, 0.6) is 5.75 Å². The molecule has 5 nitrogen and oxygen atoms in total. The highest BCUT2D eigenvalue weighted by molar-refractivity contribution is 5.71. The lowest BCUT2D eigenvalue weighted by Crippen LogP contribution is -2.13. The number of esters is 1. The van der Waals surface area contributed by atoms with Gasteiger partial charge in [0.2, 0.25) is 11.2 Å². The van der Waals surface area contributed by atoms with Crippen molar-refractivity contribution in [3.05, 3.63) is 63.7 Å². The Labute approximate surface area is 121 Å².